The topological polar surface area (TPSA) is 55.2 Å². The minimum Gasteiger partial charge on any atom is -0.328 e. The van der Waals surface area contributed by atoms with Crippen LogP contribution >= 0.6 is 0 Å². The molecule has 0 saturated carbocycles. The van der Waals surface area contributed by atoms with Gasteiger partial charge in [-0.15, -0.1) is 0 Å². The third kappa shape index (κ3) is 5.19. The number of hydrogen-bond donors (Lipinski definition) is 0. The summed E-state index contributed by atoms with van der Waals surface area (Å²) in [6, 6.07) is 24.3. The van der Waals surface area contributed by atoms with Gasteiger partial charge in [0.25, 0.3) is 11.5 Å². The summed E-state index contributed by atoms with van der Waals surface area (Å²) in [6.07, 6.45) is 1.49. The van der Waals surface area contributed by atoms with Crippen molar-refractivity contribution in [1.82, 2.24) is 14.5 Å². The first-order valence-electron chi connectivity index (χ1n) is 12.4. The normalized spacial score (nSPS) is 12.1. The molecule has 0 fully saturated rings. The average molecular weight is 468 g/mol. The summed E-state index contributed by atoms with van der Waals surface area (Å²) in [5.74, 6) is 0.978. The van der Waals surface area contributed by atoms with Crippen molar-refractivity contribution in [2.24, 2.45) is 5.92 Å². The van der Waals surface area contributed by atoms with Gasteiger partial charge in [-0.3, -0.25) is 14.2 Å². The Kier molecular flexibility index (Phi) is 7.45. The lowest BCUT2D eigenvalue weighted by Crippen LogP contribution is -2.39. The molecule has 180 valence electrons. The van der Waals surface area contributed by atoms with Gasteiger partial charge in [-0.2, -0.15) is 0 Å². The zero-order valence-electron chi connectivity index (χ0n) is 20.9. The van der Waals surface area contributed by atoms with Crippen LogP contribution in [0.2, 0.25) is 0 Å². The number of aromatic nitrogens is 2. The number of hydrogen-bond acceptors (Lipinski definition) is 3. The Balaban J connectivity index is 1.93. The number of nitrogens with zero attached hydrogens (tertiary/aromatic N) is 3. The summed E-state index contributed by atoms with van der Waals surface area (Å²) in [5, 5.41) is 0.565. The van der Waals surface area contributed by atoms with E-state index in [1.54, 1.807) is 4.57 Å². The van der Waals surface area contributed by atoms with Crippen molar-refractivity contribution in [3.63, 3.8) is 0 Å². The Labute approximate surface area is 207 Å². The van der Waals surface area contributed by atoms with Gasteiger partial charge >= 0.3 is 0 Å². The largest absolute Gasteiger partial charge is 0.328 e. The number of aryl methyl sites for hydroxylation is 1. The Hall–Kier alpha value is -3.73. The zero-order chi connectivity index (χ0) is 24.9. The number of carbonyl (C=O) groups excluding carboxylic acids is 1. The number of para-hydroxylation sites is 1. The van der Waals surface area contributed by atoms with E-state index in [2.05, 4.69) is 13.8 Å². The summed E-state index contributed by atoms with van der Waals surface area (Å²) >= 11 is 0. The maximum absolute atomic E-state index is 13.8. The molecule has 0 aliphatic heterocycles. The molecule has 1 amide bonds. The lowest BCUT2D eigenvalue weighted by molar-refractivity contribution is 0.0648. The van der Waals surface area contributed by atoms with E-state index in [9.17, 15) is 9.59 Å². The maximum Gasteiger partial charge on any atom is 0.266 e. The molecule has 0 saturated heterocycles. The molecular formula is C30H33N3O2. The molecule has 1 heterocycles. The van der Waals surface area contributed by atoms with Crippen LogP contribution < -0.4 is 5.56 Å². The second-order valence-electron chi connectivity index (χ2n) is 9.43. The highest BCUT2D eigenvalue weighted by Gasteiger charge is 2.29. The van der Waals surface area contributed by atoms with Crippen molar-refractivity contribution in [2.75, 3.05) is 6.54 Å². The molecule has 0 radical (unpaired) electrons. The number of amides is 1. The lowest BCUT2D eigenvalue weighted by atomic mass is 10.0. The van der Waals surface area contributed by atoms with Gasteiger partial charge in [-0.05, 0) is 62.1 Å². The molecule has 4 aromatic rings. The number of carbonyl (C=O) groups is 1. The van der Waals surface area contributed by atoms with Crippen LogP contribution in [0.5, 0.6) is 0 Å². The summed E-state index contributed by atoms with van der Waals surface area (Å²) < 4.78 is 1.69. The molecule has 0 aliphatic rings. The number of rotatable bonds is 8. The molecule has 3 aromatic carbocycles. The highest BCUT2D eigenvalue weighted by Crippen LogP contribution is 2.28. The Morgan fingerprint density at radius 3 is 2.26 bits per heavy atom. The first-order valence-corrected chi connectivity index (χ1v) is 12.4. The molecule has 5 nitrogen and oxygen atoms in total. The van der Waals surface area contributed by atoms with Gasteiger partial charge in [0.05, 0.1) is 22.6 Å². The molecule has 1 unspecified atom stereocenters. The minimum absolute atomic E-state index is 0.0454. The smallest absolute Gasteiger partial charge is 0.266 e. The van der Waals surface area contributed by atoms with Crippen LogP contribution in [0.15, 0.2) is 83.7 Å². The van der Waals surface area contributed by atoms with E-state index in [-0.39, 0.29) is 17.5 Å². The molecule has 5 heteroatoms. The monoisotopic (exact) mass is 467 g/mol. The first-order chi connectivity index (χ1) is 16.9. The Morgan fingerprint density at radius 1 is 0.943 bits per heavy atom. The third-order valence-electron chi connectivity index (χ3n) is 6.38. The van der Waals surface area contributed by atoms with Crippen LogP contribution in [0.3, 0.4) is 0 Å². The zero-order valence-corrected chi connectivity index (χ0v) is 20.9. The van der Waals surface area contributed by atoms with Gasteiger partial charge in [0, 0.05) is 12.1 Å². The van der Waals surface area contributed by atoms with Crippen LogP contribution in [0.4, 0.5) is 0 Å². The molecule has 1 aromatic heterocycles. The van der Waals surface area contributed by atoms with Crippen molar-refractivity contribution in [2.45, 2.75) is 46.6 Å². The third-order valence-corrected chi connectivity index (χ3v) is 6.38. The minimum atomic E-state index is -0.361. The standard InChI is InChI=1S/C30H33N3O2/c1-5-27(32(20-19-21(2)3)29(34)23-11-7-6-8-12-23)28-31-26-14-10-9-13-25(26)30(35)33(28)24-17-15-22(4)16-18-24/h6-18,21,27H,5,19-20H2,1-4H3. The highest BCUT2D eigenvalue weighted by molar-refractivity contribution is 5.94. The predicted molar refractivity (Wildman–Crippen MR) is 142 cm³/mol. The fourth-order valence-electron chi connectivity index (χ4n) is 4.40. The van der Waals surface area contributed by atoms with E-state index >= 15 is 0 Å². The van der Waals surface area contributed by atoms with Crippen molar-refractivity contribution >= 4 is 16.8 Å². The predicted octanol–water partition coefficient (Wildman–Crippen LogP) is 6.33. The van der Waals surface area contributed by atoms with Gasteiger partial charge in [0.1, 0.15) is 5.82 Å². The Bertz CT molecular complexity index is 1360. The molecule has 0 spiro atoms. The average Bonchev–Trinajstić information content (AvgIpc) is 2.87. The molecule has 35 heavy (non-hydrogen) atoms. The van der Waals surface area contributed by atoms with E-state index in [1.165, 1.54) is 0 Å². The van der Waals surface area contributed by atoms with Crippen molar-refractivity contribution < 1.29 is 4.79 Å². The van der Waals surface area contributed by atoms with Crippen molar-refractivity contribution in [3.05, 3.63) is 106 Å². The Morgan fingerprint density at radius 2 is 1.60 bits per heavy atom. The van der Waals surface area contributed by atoms with E-state index < -0.39 is 0 Å². The van der Waals surface area contributed by atoms with Crippen LogP contribution in [0.1, 0.15) is 61.4 Å². The molecule has 4 rings (SSSR count). The van der Waals surface area contributed by atoms with Crippen LogP contribution in [-0.4, -0.2) is 26.9 Å². The van der Waals surface area contributed by atoms with Gasteiger partial charge < -0.3 is 4.90 Å². The van der Waals surface area contributed by atoms with Gasteiger partial charge in [-0.1, -0.05) is 68.8 Å². The van der Waals surface area contributed by atoms with E-state index in [0.29, 0.717) is 41.2 Å². The quantitative estimate of drug-likeness (QED) is 0.304. The molecule has 0 aliphatic carbocycles. The second kappa shape index (κ2) is 10.7. The second-order valence-corrected chi connectivity index (χ2v) is 9.43. The van der Waals surface area contributed by atoms with Crippen LogP contribution in [-0.2, 0) is 0 Å². The molecule has 0 N–H and O–H groups in total. The van der Waals surface area contributed by atoms with Crippen LogP contribution in [0.25, 0.3) is 16.6 Å². The molecule has 0 bridgehead atoms. The maximum atomic E-state index is 13.8. The summed E-state index contributed by atoms with van der Waals surface area (Å²) in [6.45, 7) is 8.96. The van der Waals surface area contributed by atoms with Gasteiger partial charge in [-0.25, -0.2) is 4.98 Å². The molecule has 1 atom stereocenters. The van der Waals surface area contributed by atoms with E-state index in [1.807, 2.05) is 97.6 Å². The summed E-state index contributed by atoms with van der Waals surface area (Å²) in [4.78, 5) is 34.5. The van der Waals surface area contributed by atoms with E-state index in [4.69, 9.17) is 4.98 Å². The highest BCUT2D eigenvalue weighted by atomic mass is 16.2. The SMILES string of the molecule is CCC(c1nc2ccccc2c(=O)n1-c1ccc(C)cc1)N(CCC(C)C)C(=O)c1ccccc1. The van der Waals surface area contributed by atoms with Crippen LogP contribution in [0, 0.1) is 12.8 Å². The molecular weight excluding hydrogens is 434 g/mol. The van der Waals surface area contributed by atoms with Crippen molar-refractivity contribution in [1.29, 1.82) is 0 Å². The number of fused-ring (bicyclic) bond motifs is 1. The summed E-state index contributed by atoms with van der Waals surface area (Å²) in [5.41, 5.74) is 3.03. The van der Waals surface area contributed by atoms with Gasteiger partial charge in [0.2, 0.25) is 0 Å². The lowest BCUT2D eigenvalue weighted by Gasteiger charge is -2.33. The first kappa shape index (κ1) is 24.4. The van der Waals surface area contributed by atoms with E-state index in [0.717, 1.165) is 17.7 Å². The number of benzene rings is 3. The fraction of sp³-hybridized carbons (Fsp3) is 0.300. The fourth-order valence-corrected chi connectivity index (χ4v) is 4.40. The summed E-state index contributed by atoms with van der Waals surface area (Å²) in [7, 11) is 0. The van der Waals surface area contributed by atoms with Gasteiger partial charge in [0.15, 0.2) is 0 Å². The van der Waals surface area contributed by atoms with Crippen molar-refractivity contribution in [3.8, 4) is 5.69 Å².